The predicted octanol–water partition coefficient (Wildman–Crippen LogP) is 4.17. The summed E-state index contributed by atoms with van der Waals surface area (Å²) in [4.78, 5) is 24.7. The molecule has 2 amide bonds. The van der Waals surface area contributed by atoms with Gasteiger partial charge < -0.3 is 10.6 Å². The molecule has 1 aliphatic rings. The summed E-state index contributed by atoms with van der Waals surface area (Å²) in [5.74, 6) is -1.65. The molecule has 0 saturated heterocycles. The quantitative estimate of drug-likeness (QED) is 0.836. The van der Waals surface area contributed by atoms with Crippen LogP contribution in [0.4, 0.5) is 13.8 Å². The normalized spacial score (nSPS) is 14.9. The molecule has 132 valence electrons. The Labute approximate surface area is 148 Å². The molecule has 1 aliphatic carbocycles. The number of halogens is 2. The summed E-state index contributed by atoms with van der Waals surface area (Å²) in [5.41, 5.74) is 0.951. The average Bonchev–Trinajstić information content (AvgIpc) is 3.31. The van der Waals surface area contributed by atoms with Crippen molar-refractivity contribution < 1.29 is 18.4 Å². The van der Waals surface area contributed by atoms with Gasteiger partial charge in [-0.05, 0) is 44.4 Å². The van der Waals surface area contributed by atoms with Gasteiger partial charge in [0.25, 0.3) is 5.91 Å². The lowest BCUT2D eigenvalue weighted by Gasteiger charge is -2.15. The van der Waals surface area contributed by atoms with Crippen molar-refractivity contribution in [2.45, 2.75) is 32.7 Å². The number of anilines is 1. The van der Waals surface area contributed by atoms with Crippen LogP contribution < -0.4 is 10.6 Å². The third-order valence-corrected chi connectivity index (χ3v) is 5.25. The zero-order chi connectivity index (χ0) is 18.1. The first-order valence-corrected chi connectivity index (χ1v) is 8.84. The largest absolute Gasteiger partial charge is 0.345 e. The highest BCUT2D eigenvalue weighted by atomic mass is 32.1. The van der Waals surface area contributed by atoms with E-state index < -0.39 is 17.7 Å². The maximum Gasteiger partial charge on any atom is 0.262 e. The molecule has 1 saturated carbocycles. The van der Waals surface area contributed by atoms with Gasteiger partial charge in [-0.25, -0.2) is 8.78 Å². The fourth-order valence-electron chi connectivity index (χ4n) is 2.53. The van der Waals surface area contributed by atoms with Crippen molar-refractivity contribution in [1.29, 1.82) is 0 Å². The minimum absolute atomic E-state index is 0.0186. The maximum absolute atomic E-state index is 13.8. The second-order valence-electron chi connectivity index (χ2n) is 6.25. The van der Waals surface area contributed by atoms with Gasteiger partial charge in [0.1, 0.15) is 11.6 Å². The van der Waals surface area contributed by atoms with E-state index in [1.54, 1.807) is 19.9 Å². The molecule has 2 aromatic rings. The molecule has 7 heteroatoms. The first kappa shape index (κ1) is 17.5. The number of nitrogens with one attached hydrogen (secondary N) is 2. The van der Waals surface area contributed by atoms with Gasteiger partial charge in [-0.1, -0.05) is 6.07 Å². The fourth-order valence-corrected chi connectivity index (χ4v) is 3.51. The van der Waals surface area contributed by atoms with E-state index in [-0.39, 0.29) is 23.3 Å². The van der Waals surface area contributed by atoms with E-state index in [9.17, 15) is 18.4 Å². The highest BCUT2D eigenvalue weighted by molar-refractivity contribution is 7.18. The number of benzene rings is 1. The lowest BCUT2D eigenvalue weighted by atomic mass is 10.1. The van der Waals surface area contributed by atoms with E-state index in [4.69, 9.17) is 0 Å². The molecule has 3 rings (SSSR count). The number of aryl methyl sites for hydroxylation is 1. The Morgan fingerprint density at radius 3 is 2.60 bits per heavy atom. The van der Waals surface area contributed by atoms with Crippen molar-refractivity contribution >= 4 is 28.2 Å². The van der Waals surface area contributed by atoms with E-state index in [1.165, 1.54) is 17.4 Å². The summed E-state index contributed by atoms with van der Waals surface area (Å²) >= 11 is 1.19. The Morgan fingerprint density at radius 2 is 1.96 bits per heavy atom. The molecule has 1 aromatic heterocycles. The number of rotatable bonds is 5. The Balaban J connectivity index is 1.70. The van der Waals surface area contributed by atoms with Gasteiger partial charge in [0.05, 0.1) is 15.9 Å². The van der Waals surface area contributed by atoms with Crippen LogP contribution in [0.3, 0.4) is 0 Å². The standard InChI is InChI=1S/C18H18F2N2O2S/c1-9-7-15(22-17(23)11-3-4-11)25-16(9)18(24)21-10(2)13-6-5-12(19)8-14(13)20/h5-8,10-11H,3-4H2,1-2H3,(H,21,24)(H,22,23)/t10-/m0/s1. The second kappa shape index (κ2) is 6.92. The Kier molecular flexibility index (Phi) is 4.85. The molecular formula is C18H18F2N2O2S. The molecule has 1 atom stereocenters. The van der Waals surface area contributed by atoms with Gasteiger partial charge >= 0.3 is 0 Å². The molecule has 0 bridgehead atoms. The van der Waals surface area contributed by atoms with Gasteiger partial charge in [-0.3, -0.25) is 9.59 Å². The zero-order valence-electron chi connectivity index (χ0n) is 13.9. The molecule has 1 aromatic carbocycles. The Morgan fingerprint density at radius 1 is 1.24 bits per heavy atom. The summed E-state index contributed by atoms with van der Waals surface area (Å²) in [6.45, 7) is 3.41. The lowest BCUT2D eigenvalue weighted by Crippen LogP contribution is -2.27. The number of hydrogen-bond donors (Lipinski definition) is 2. The molecule has 4 nitrogen and oxygen atoms in total. The van der Waals surface area contributed by atoms with Crippen LogP contribution in [0.5, 0.6) is 0 Å². The van der Waals surface area contributed by atoms with E-state index >= 15 is 0 Å². The van der Waals surface area contributed by atoms with E-state index in [0.717, 1.165) is 30.5 Å². The summed E-state index contributed by atoms with van der Waals surface area (Å²) in [6.07, 6.45) is 1.81. The zero-order valence-corrected chi connectivity index (χ0v) is 14.7. The molecule has 0 unspecified atom stereocenters. The first-order chi connectivity index (χ1) is 11.8. The summed E-state index contributed by atoms with van der Waals surface area (Å²) in [7, 11) is 0. The molecule has 0 spiro atoms. The average molecular weight is 364 g/mol. The summed E-state index contributed by atoms with van der Waals surface area (Å²) < 4.78 is 26.8. The molecule has 2 N–H and O–H groups in total. The van der Waals surface area contributed by atoms with Crippen LogP contribution in [0, 0.1) is 24.5 Å². The molecule has 1 heterocycles. The topological polar surface area (TPSA) is 58.2 Å². The van der Waals surface area contributed by atoms with Crippen molar-refractivity contribution in [3.8, 4) is 0 Å². The highest BCUT2D eigenvalue weighted by Gasteiger charge is 2.30. The fraction of sp³-hybridized carbons (Fsp3) is 0.333. The molecule has 0 aliphatic heterocycles. The first-order valence-electron chi connectivity index (χ1n) is 8.02. The number of hydrogen-bond acceptors (Lipinski definition) is 3. The van der Waals surface area contributed by atoms with Crippen LogP contribution in [0.25, 0.3) is 0 Å². The van der Waals surface area contributed by atoms with Gasteiger partial charge in [-0.15, -0.1) is 11.3 Å². The lowest BCUT2D eigenvalue weighted by molar-refractivity contribution is -0.117. The molecular weight excluding hydrogens is 346 g/mol. The number of carbonyl (C=O) groups excluding carboxylic acids is 2. The third kappa shape index (κ3) is 4.04. The molecule has 1 fully saturated rings. The van der Waals surface area contributed by atoms with Crippen LogP contribution in [-0.2, 0) is 4.79 Å². The van der Waals surface area contributed by atoms with Gasteiger partial charge in [0.15, 0.2) is 0 Å². The van der Waals surface area contributed by atoms with Crippen molar-refractivity contribution in [3.63, 3.8) is 0 Å². The van der Waals surface area contributed by atoms with Crippen LogP contribution in [0.15, 0.2) is 24.3 Å². The minimum Gasteiger partial charge on any atom is -0.345 e. The summed E-state index contributed by atoms with van der Waals surface area (Å²) in [5, 5.41) is 6.16. The Bertz CT molecular complexity index is 830. The van der Waals surface area contributed by atoms with Crippen LogP contribution in [0.2, 0.25) is 0 Å². The van der Waals surface area contributed by atoms with E-state index in [1.807, 2.05) is 0 Å². The van der Waals surface area contributed by atoms with Crippen molar-refractivity contribution in [3.05, 3.63) is 51.9 Å². The van der Waals surface area contributed by atoms with Crippen molar-refractivity contribution in [1.82, 2.24) is 5.32 Å². The van der Waals surface area contributed by atoms with Crippen LogP contribution in [-0.4, -0.2) is 11.8 Å². The third-order valence-electron chi connectivity index (χ3n) is 4.10. The van der Waals surface area contributed by atoms with Gasteiger partial charge in [0, 0.05) is 17.5 Å². The number of thiophene rings is 1. The minimum atomic E-state index is -0.701. The van der Waals surface area contributed by atoms with Crippen molar-refractivity contribution in [2.75, 3.05) is 5.32 Å². The Hall–Kier alpha value is -2.28. The highest BCUT2D eigenvalue weighted by Crippen LogP contribution is 2.33. The van der Waals surface area contributed by atoms with Gasteiger partial charge in [0.2, 0.25) is 5.91 Å². The number of carbonyl (C=O) groups is 2. The second-order valence-corrected chi connectivity index (χ2v) is 7.30. The van der Waals surface area contributed by atoms with E-state index in [2.05, 4.69) is 10.6 Å². The van der Waals surface area contributed by atoms with Crippen LogP contribution in [0.1, 0.15) is 46.6 Å². The predicted molar refractivity (Wildman–Crippen MR) is 92.6 cm³/mol. The number of amides is 2. The SMILES string of the molecule is Cc1cc(NC(=O)C2CC2)sc1C(=O)N[C@@H](C)c1ccc(F)cc1F. The smallest absolute Gasteiger partial charge is 0.262 e. The van der Waals surface area contributed by atoms with Crippen molar-refractivity contribution in [2.24, 2.45) is 5.92 Å². The van der Waals surface area contributed by atoms with E-state index in [0.29, 0.717) is 9.88 Å². The summed E-state index contributed by atoms with van der Waals surface area (Å²) in [6, 6.07) is 4.41. The molecule has 0 radical (unpaired) electrons. The monoisotopic (exact) mass is 364 g/mol. The van der Waals surface area contributed by atoms with Crippen LogP contribution >= 0.6 is 11.3 Å². The maximum atomic E-state index is 13.8. The molecule has 25 heavy (non-hydrogen) atoms. The van der Waals surface area contributed by atoms with Gasteiger partial charge in [-0.2, -0.15) is 0 Å².